The van der Waals surface area contributed by atoms with E-state index in [0.29, 0.717) is 17.0 Å². The third-order valence-corrected chi connectivity index (χ3v) is 4.02. The van der Waals surface area contributed by atoms with Gasteiger partial charge >= 0.3 is 5.97 Å². The van der Waals surface area contributed by atoms with Gasteiger partial charge in [0.1, 0.15) is 5.56 Å². The first-order valence-corrected chi connectivity index (χ1v) is 8.27. The van der Waals surface area contributed by atoms with Crippen molar-refractivity contribution in [3.8, 4) is 11.5 Å². The molecule has 27 heavy (non-hydrogen) atoms. The van der Waals surface area contributed by atoms with Crippen LogP contribution in [0.4, 0.5) is 5.69 Å². The van der Waals surface area contributed by atoms with Crippen molar-refractivity contribution >= 4 is 35.5 Å². The first-order valence-electron chi connectivity index (χ1n) is 7.89. The molecular formula is C19H18ClNO6. The Labute approximate surface area is 161 Å². The van der Waals surface area contributed by atoms with Crippen LogP contribution in [0.2, 0.25) is 5.02 Å². The Kier molecular flexibility index (Phi) is 6.79. The first-order chi connectivity index (χ1) is 12.9. The highest BCUT2D eigenvalue weighted by molar-refractivity contribution is 6.33. The predicted molar refractivity (Wildman–Crippen MR) is 99.9 cm³/mol. The Hall–Kier alpha value is -3.06. The maximum absolute atomic E-state index is 12.6. The molecule has 0 aliphatic carbocycles. The van der Waals surface area contributed by atoms with E-state index in [1.54, 1.807) is 24.3 Å². The molecule has 2 aromatic carbocycles. The molecule has 0 aliphatic heterocycles. The van der Waals surface area contributed by atoms with E-state index in [9.17, 15) is 14.4 Å². The summed E-state index contributed by atoms with van der Waals surface area (Å²) in [4.78, 5) is 36.2. The second-order valence-electron chi connectivity index (χ2n) is 5.40. The normalized spacial score (nSPS) is 11.3. The fourth-order valence-corrected chi connectivity index (χ4v) is 2.50. The number of nitrogens with one attached hydrogen (secondary N) is 1. The molecule has 2 rings (SSSR count). The molecule has 0 saturated carbocycles. The standard InChI is InChI=1S/C19H18ClNO6/c1-11(18(23)21-14-7-5-4-6-13(14)20)27-19(24)16-12(10-22)8-9-15(25-2)17(16)26-3/h4-11H,1-3H3,(H,21,23)/t11-/m0/s1. The molecule has 8 heteroatoms. The summed E-state index contributed by atoms with van der Waals surface area (Å²) in [7, 11) is 2.73. The average Bonchev–Trinajstić information content (AvgIpc) is 2.68. The number of halogens is 1. The van der Waals surface area contributed by atoms with Crippen molar-refractivity contribution < 1.29 is 28.6 Å². The van der Waals surface area contributed by atoms with Crippen molar-refractivity contribution in [1.29, 1.82) is 0 Å². The Balaban J connectivity index is 2.22. The lowest BCUT2D eigenvalue weighted by Gasteiger charge is -2.17. The summed E-state index contributed by atoms with van der Waals surface area (Å²) in [6.07, 6.45) is -0.656. The Morgan fingerprint density at radius 2 is 1.81 bits per heavy atom. The molecule has 1 atom stereocenters. The van der Waals surface area contributed by atoms with Crippen molar-refractivity contribution in [3.05, 3.63) is 52.5 Å². The maximum Gasteiger partial charge on any atom is 0.343 e. The van der Waals surface area contributed by atoms with Crippen LogP contribution in [0.5, 0.6) is 11.5 Å². The van der Waals surface area contributed by atoms with Crippen LogP contribution >= 0.6 is 11.6 Å². The number of esters is 1. The molecule has 0 aliphatic rings. The fraction of sp³-hybridized carbons (Fsp3) is 0.211. The van der Waals surface area contributed by atoms with Crippen molar-refractivity contribution in [2.75, 3.05) is 19.5 Å². The summed E-state index contributed by atoms with van der Waals surface area (Å²) in [5.41, 5.74) is 0.320. The molecule has 1 amide bonds. The minimum Gasteiger partial charge on any atom is -0.493 e. The quantitative estimate of drug-likeness (QED) is 0.575. The highest BCUT2D eigenvalue weighted by Gasteiger charge is 2.26. The summed E-state index contributed by atoms with van der Waals surface area (Å²) in [6, 6.07) is 9.55. The molecule has 1 N–H and O–H groups in total. The number of hydrogen-bond donors (Lipinski definition) is 1. The number of benzene rings is 2. The Bertz CT molecular complexity index is 867. The van der Waals surface area contributed by atoms with Crippen LogP contribution in [-0.2, 0) is 9.53 Å². The lowest BCUT2D eigenvalue weighted by Crippen LogP contribution is -2.30. The van der Waals surface area contributed by atoms with E-state index in [-0.39, 0.29) is 22.6 Å². The van der Waals surface area contributed by atoms with E-state index in [0.717, 1.165) is 0 Å². The number of para-hydroxylation sites is 1. The minimum atomic E-state index is -1.15. The van der Waals surface area contributed by atoms with Crippen LogP contribution in [0.1, 0.15) is 27.6 Å². The van der Waals surface area contributed by atoms with Gasteiger partial charge in [0.05, 0.1) is 24.9 Å². The van der Waals surface area contributed by atoms with Gasteiger partial charge in [-0.3, -0.25) is 9.59 Å². The van der Waals surface area contributed by atoms with Crippen LogP contribution in [0.3, 0.4) is 0 Å². The van der Waals surface area contributed by atoms with E-state index in [1.165, 1.54) is 33.3 Å². The zero-order valence-electron chi connectivity index (χ0n) is 14.9. The van der Waals surface area contributed by atoms with Gasteiger partial charge in [-0.2, -0.15) is 0 Å². The number of rotatable bonds is 7. The van der Waals surface area contributed by atoms with Crippen LogP contribution in [0.15, 0.2) is 36.4 Å². The molecule has 2 aromatic rings. The second kappa shape index (κ2) is 9.05. The third-order valence-electron chi connectivity index (χ3n) is 3.69. The van der Waals surface area contributed by atoms with Crippen LogP contribution in [0, 0.1) is 0 Å². The van der Waals surface area contributed by atoms with Gasteiger partial charge in [0, 0.05) is 5.56 Å². The van der Waals surface area contributed by atoms with Crippen molar-refractivity contribution in [2.45, 2.75) is 13.0 Å². The third kappa shape index (κ3) is 4.57. The number of anilines is 1. The van der Waals surface area contributed by atoms with Crippen LogP contribution in [-0.4, -0.2) is 38.5 Å². The molecule has 0 saturated heterocycles. The van der Waals surface area contributed by atoms with E-state index >= 15 is 0 Å². The molecule has 0 radical (unpaired) electrons. The molecule has 0 fully saturated rings. The number of amides is 1. The monoisotopic (exact) mass is 391 g/mol. The summed E-state index contributed by atoms with van der Waals surface area (Å²) in [5, 5.41) is 2.92. The summed E-state index contributed by atoms with van der Waals surface area (Å²) in [6.45, 7) is 1.40. The highest BCUT2D eigenvalue weighted by atomic mass is 35.5. The highest BCUT2D eigenvalue weighted by Crippen LogP contribution is 2.33. The van der Waals surface area contributed by atoms with Gasteiger partial charge in [0.2, 0.25) is 0 Å². The average molecular weight is 392 g/mol. The topological polar surface area (TPSA) is 90.9 Å². The molecule has 0 bridgehead atoms. The van der Waals surface area contributed by atoms with Crippen LogP contribution < -0.4 is 14.8 Å². The van der Waals surface area contributed by atoms with Gasteiger partial charge in [-0.15, -0.1) is 0 Å². The maximum atomic E-state index is 12.6. The molecule has 7 nitrogen and oxygen atoms in total. The SMILES string of the molecule is COc1ccc(C=O)c(C(=O)O[C@@H](C)C(=O)Nc2ccccc2Cl)c1OC. The van der Waals surface area contributed by atoms with Gasteiger partial charge in [0.15, 0.2) is 23.9 Å². The zero-order chi connectivity index (χ0) is 20.0. The molecular weight excluding hydrogens is 374 g/mol. The minimum absolute atomic E-state index is 0.0470. The smallest absolute Gasteiger partial charge is 0.343 e. The molecule has 0 heterocycles. The summed E-state index contributed by atoms with van der Waals surface area (Å²) >= 11 is 6.00. The summed E-state index contributed by atoms with van der Waals surface area (Å²) in [5.74, 6) is -1.17. The van der Waals surface area contributed by atoms with E-state index in [1.807, 2.05) is 0 Å². The van der Waals surface area contributed by atoms with Crippen molar-refractivity contribution in [3.63, 3.8) is 0 Å². The first kappa shape index (κ1) is 20.3. The largest absolute Gasteiger partial charge is 0.493 e. The lowest BCUT2D eigenvalue weighted by atomic mass is 10.1. The zero-order valence-corrected chi connectivity index (χ0v) is 15.7. The predicted octanol–water partition coefficient (Wildman–Crippen LogP) is 3.35. The molecule has 142 valence electrons. The number of methoxy groups -OCH3 is 2. The van der Waals surface area contributed by atoms with Gasteiger partial charge < -0.3 is 19.5 Å². The lowest BCUT2D eigenvalue weighted by molar-refractivity contribution is -0.123. The molecule has 0 spiro atoms. The van der Waals surface area contributed by atoms with Crippen molar-refractivity contribution in [2.24, 2.45) is 0 Å². The van der Waals surface area contributed by atoms with Gasteiger partial charge in [0.25, 0.3) is 5.91 Å². The fourth-order valence-electron chi connectivity index (χ4n) is 2.32. The second-order valence-corrected chi connectivity index (χ2v) is 5.81. The van der Waals surface area contributed by atoms with E-state index in [4.69, 9.17) is 25.8 Å². The van der Waals surface area contributed by atoms with Gasteiger partial charge in [-0.1, -0.05) is 23.7 Å². The molecule has 0 aromatic heterocycles. The Morgan fingerprint density at radius 3 is 2.41 bits per heavy atom. The summed E-state index contributed by atoms with van der Waals surface area (Å²) < 4.78 is 15.5. The number of carbonyl (C=O) groups is 3. The van der Waals surface area contributed by atoms with Gasteiger partial charge in [-0.05, 0) is 31.2 Å². The van der Waals surface area contributed by atoms with Gasteiger partial charge in [-0.25, -0.2) is 4.79 Å². The number of aldehydes is 1. The van der Waals surface area contributed by atoms with Crippen molar-refractivity contribution in [1.82, 2.24) is 0 Å². The van der Waals surface area contributed by atoms with E-state index < -0.39 is 18.0 Å². The van der Waals surface area contributed by atoms with E-state index in [2.05, 4.69) is 5.32 Å². The molecule has 0 unspecified atom stereocenters. The number of carbonyl (C=O) groups excluding carboxylic acids is 3. The Morgan fingerprint density at radius 1 is 1.11 bits per heavy atom. The number of ether oxygens (including phenoxy) is 3. The van der Waals surface area contributed by atoms with Crippen LogP contribution in [0.25, 0.3) is 0 Å². The number of hydrogen-bond acceptors (Lipinski definition) is 6.